The Hall–Kier alpha value is -1.22. The molecule has 0 saturated carbocycles. The molecule has 1 aromatic rings. The summed E-state index contributed by atoms with van der Waals surface area (Å²) in [5, 5.41) is 9.91. The van der Waals surface area contributed by atoms with Gasteiger partial charge in [0.25, 0.3) is 0 Å². The highest BCUT2D eigenvalue weighted by molar-refractivity contribution is 8.00. The lowest BCUT2D eigenvalue weighted by Crippen LogP contribution is -2.00. The van der Waals surface area contributed by atoms with E-state index in [0.29, 0.717) is 11.3 Å². The molecule has 0 aromatic heterocycles. The largest absolute Gasteiger partial charge is 0.510 e. The quantitative estimate of drug-likeness (QED) is 0.854. The third kappa shape index (κ3) is 2.00. The van der Waals surface area contributed by atoms with Crippen LogP contribution in [-0.2, 0) is 4.79 Å². The molecule has 84 valence electrons. The molecule has 1 aromatic carbocycles. The number of hydrogen-bond acceptors (Lipinski definition) is 3. The van der Waals surface area contributed by atoms with E-state index in [0.717, 1.165) is 5.56 Å². The van der Waals surface area contributed by atoms with Gasteiger partial charge in [0.1, 0.15) is 5.76 Å². The average molecular weight is 234 g/mol. The molecule has 1 heterocycles. The lowest BCUT2D eigenvalue weighted by atomic mass is 10.0. The minimum Gasteiger partial charge on any atom is -0.510 e. The molecular formula is C13H14O2S. The zero-order valence-electron chi connectivity index (χ0n) is 9.36. The highest BCUT2D eigenvalue weighted by Crippen LogP contribution is 2.43. The fraction of sp³-hybridized carbons (Fsp3) is 0.308. The van der Waals surface area contributed by atoms with Crippen molar-refractivity contribution in [1.29, 1.82) is 0 Å². The van der Waals surface area contributed by atoms with Crippen molar-refractivity contribution in [3.8, 4) is 0 Å². The maximum atomic E-state index is 11.3. The molecule has 1 aliphatic heterocycles. The van der Waals surface area contributed by atoms with E-state index in [1.165, 1.54) is 12.5 Å². The molecule has 0 amide bonds. The summed E-state index contributed by atoms with van der Waals surface area (Å²) < 4.78 is 0. The van der Waals surface area contributed by atoms with Crippen LogP contribution in [0.4, 0.5) is 0 Å². The first-order valence-corrected chi connectivity index (χ1v) is 6.25. The number of carbonyl (C=O) groups is 1. The van der Waals surface area contributed by atoms with Crippen LogP contribution in [0.2, 0.25) is 0 Å². The Bertz CT molecular complexity index is 446. The average Bonchev–Trinajstić information content (AvgIpc) is 2.61. The van der Waals surface area contributed by atoms with Crippen LogP contribution < -0.4 is 0 Å². The number of Topliss-reactive ketones (excluding diaryl/α,β-unsaturated/α-hetero) is 1. The SMILES string of the molecule is CC(=O)C1=C(O)C(c2ccc(C)cc2)SC1. The molecule has 0 radical (unpaired) electrons. The Morgan fingerprint density at radius 3 is 2.50 bits per heavy atom. The van der Waals surface area contributed by atoms with E-state index in [1.807, 2.05) is 31.2 Å². The van der Waals surface area contributed by atoms with Crippen molar-refractivity contribution in [3.05, 3.63) is 46.7 Å². The van der Waals surface area contributed by atoms with Crippen molar-refractivity contribution in [2.24, 2.45) is 0 Å². The number of aliphatic hydroxyl groups is 1. The van der Waals surface area contributed by atoms with Crippen molar-refractivity contribution >= 4 is 17.5 Å². The molecule has 3 heteroatoms. The summed E-state index contributed by atoms with van der Waals surface area (Å²) in [6, 6.07) is 8.06. The second-order valence-electron chi connectivity index (χ2n) is 4.02. The molecule has 1 unspecified atom stereocenters. The van der Waals surface area contributed by atoms with Gasteiger partial charge in [0.2, 0.25) is 0 Å². The van der Waals surface area contributed by atoms with Crippen LogP contribution in [0.15, 0.2) is 35.6 Å². The zero-order chi connectivity index (χ0) is 11.7. The molecule has 0 saturated heterocycles. The highest BCUT2D eigenvalue weighted by Gasteiger charge is 2.29. The van der Waals surface area contributed by atoms with E-state index in [9.17, 15) is 9.90 Å². The lowest BCUT2D eigenvalue weighted by molar-refractivity contribution is -0.113. The number of rotatable bonds is 2. The van der Waals surface area contributed by atoms with Gasteiger partial charge >= 0.3 is 0 Å². The summed E-state index contributed by atoms with van der Waals surface area (Å²) in [5.74, 6) is 0.820. The van der Waals surface area contributed by atoms with E-state index >= 15 is 0 Å². The van der Waals surface area contributed by atoms with Crippen LogP contribution in [0.5, 0.6) is 0 Å². The molecule has 1 aliphatic rings. The highest BCUT2D eigenvalue weighted by atomic mass is 32.2. The molecule has 0 aliphatic carbocycles. The fourth-order valence-corrected chi connectivity index (χ4v) is 3.09. The summed E-state index contributed by atoms with van der Waals surface area (Å²) in [6.07, 6.45) is 0. The van der Waals surface area contributed by atoms with E-state index in [-0.39, 0.29) is 16.8 Å². The van der Waals surface area contributed by atoms with Gasteiger partial charge < -0.3 is 5.11 Å². The molecular weight excluding hydrogens is 220 g/mol. The van der Waals surface area contributed by atoms with E-state index in [2.05, 4.69) is 0 Å². The van der Waals surface area contributed by atoms with E-state index in [1.54, 1.807) is 11.8 Å². The van der Waals surface area contributed by atoms with Gasteiger partial charge in [0.05, 0.1) is 5.25 Å². The van der Waals surface area contributed by atoms with Gasteiger partial charge in [-0.15, -0.1) is 11.8 Å². The molecule has 1 atom stereocenters. The number of carbonyl (C=O) groups excluding carboxylic acids is 1. The second-order valence-corrected chi connectivity index (χ2v) is 5.12. The van der Waals surface area contributed by atoms with Crippen molar-refractivity contribution in [3.63, 3.8) is 0 Å². The van der Waals surface area contributed by atoms with E-state index < -0.39 is 0 Å². The van der Waals surface area contributed by atoms with Crippen LogP contribution in [-0.4, -0.2) is 16.6 Å². The number of aryl methyl sites for hydroxylation is 1. The Morgan fingerprint density at radius 1 is 1.38 bits per heavy atom. The first-order valence-electron chi connectivity index (χ1n) is 5.20. The lowest BCUT2D eigenvalue weighted by Gasteiger charge is -2.10. The zero-order valence-corrected chi connectivity index (χ0v) is 10.2. The number of hydrogen-bond donors (Lipinski definition) is 1. The van der Waals surface area contributed by atoms with E-state index in [4.69, 9.17) is 0 Å². The number of benzene rings is 1. The van der Waals surface area contributed by atoms with Crippen LogP contribution >= 0.6 is 11.8 Å². The van der Waals surface area contributed by atoms with Gasteiger partial charge in [-0.3, -0.25) is 4.79 Å². The molecule has 1 N–H and O–H groups in total. The number of aliphatic hydroxyl groups excluding tert-OH is 1. The molecule has 0 spiro atoms. The van der Waals surface area contributed by atoms with Crippen LogP contribution in [0, 0.1) is 6.92 Å². The van der Waals surface area contributed by atoms with Gasteiger partial charge in [0.15, 0.2) is 5.78 Å². The normalized spacial score (nSPS) is 20.2. The summed E-state index contributed by atoms with van der Waals surface area (Å²) >= 11 is 1.60. The molecule has 0 bridgehead atoms. The van der Waals surface area contributed by atoms with Crippen LogP contribution in [0.25, 0.3) is 0 Å². The predicted molar refractivity (Wildman–Crippen MR) is 66.7 cm³/mol. The van der Waals surface area contributed by atoms with Crippen molar-refractivity contribution < 1.29 is 9.90 Å². The molecule has 0 fully saturated rings. The Labute approximate surface area is 99.4 Å². The summed E-state index contributed by atoms with van der Waals surface area (Å²) in [5.41, 5.74) is 2.82. The van der Waals surface area contributed by atoms with Gasteiger partial charge in [-0.1, -0.05) is 29.8 Å². The molecule has 16 heavy (non-hydrogen) atoms. The van der Waals surface area contributed by atoms with Crippen LogP contribution in [0.1, 0.15) is 23.3 Å². The Morgan fingerprint density at radius 2 is 2.00 bits per heavy atom. The monoisotopic (exact) mass is 234 g/mol. The van der Waals surface area contributed by atoms with Gasteiger partial charge in [-0.05, 0) is 19.4 Å². The minimum atomic E-state index is -0.0699. The molecule has 2 nitrogen and oxygen atoms in total. The maximum Gasteiger partial charge on any atom is 0.160 e. The number of ketones is 1. The second kappa shape index (κ2) is 4.34. The Kier molecular flexibility index (Phi) is 3.06. The third-order valence-corrected chi connectivity index (χ3v) is 4.04. The topological polar surface area (TPSA) is 37.3 Å². The van der Waals surface area contributed by atoms with Crippen molar-refractivity contribution in [2.75, 3.05) is 5.75 Å². The van der Waals surface area contributed by atoms with Crippen molar-refractivity contribution in [1.82, 2.24) is 0 Å². The summed E-state index contributed by atoms with van der Waals surface area (Å²) in [4.78, 5) is 11.3. The first kappa shape index (κ1) is 11.3. The van der Waals surface area contributed by atoms with Crippen molar-refractivity contribution in [2.45, 2.75) is 19.1 Å². The van der Waals surface area contributed by atoms with Gasteiger partial charge in [-0.25, -0.2) is 0 Å². The summed E-state index contributed by atoms with van der Waals surface area (Å²) in [6.45, 7) is 3.53. The standard InChI is InChI=1S/C13H14O2S/c1-8-3-5-10(6-4-8)13-12(15)11(7-16-13)9(2)14/h3-6,13,15H,7H2,1-2H3. The Balaban J connectivity index is 2.31. The van der Waals surface area contributed by atoms with Crippen LogP contribution in [0.3, 0.4) is 0 Å². The molecule has 2 rings (SSSR count). The maximum absolute atomic E-state index is 11.3. The summed E-state index contributed by atoms with van der Waals surface area (Å²) in [7, 11) is 0. The van der Waals surface area contributed by atoms with Gasteiger partial charge in [-0.2, -0.15) is 0 Å². The first-order chi connectivity index (χ1) is 7.59. The minimum absolute atomic E-state index is 0.0281. The van der Waals surface area contributed by atoms with Gasteiger partial charge in [0, 0.05) is 11.3 Å². The smallest absolute Gasteiger partial charge is 0.160 e. The predicted octanol–water partition coefficient (Wildman–Crippen LogP) is 3.18. The number of thioether (sulfide) groups is 1. The third-order valence-electron chi connectivity index (χ3n) is 2.76. The fourth-order valence-electron chi connectivity index (χ4n) is 1.76.